The van der Waals surface area contributed by atoms with Crippen molar-refractivity contribution in [2.75, 3.05) is 7.11 Å². The van der Waals surface area contributed by atoms with Crippen molar-refractivity contribution in [2.45, 2.75) is 31.3 Å². The van der Waals surface area contributed by atoms with Gasteiger partial charge in [-0.15, -0.1) is 0 Å². The van der Waals surface area contributed by atoms with Gasteiger partial charge in [-0.2, -0.15) is 4.31 Å². The van der Waals surface area contributed by atoms with Crippen molar-refractivity contribution < 1.29 is 23.1 Å². The number of carboxylic acid groups (broad SMARTS) is 1. The molecule has 0 spiro atoms. The molecule has 1 heterocycles. The molecule has 3 rings (SSSR count). The first kappa shape index (κ1) is 20.9. The summed E-state index contributed by atoms with van der Waals surface area (Å²) in [6, 6.07) is 12.1. The van der Waals surface area contributed by atoms with Gasteiger partial charge in [0, 0.05) is 18.3 Å². The number of rotatable bonds is 8. The zero-order valence-electron chi connectivity index (χ0n) is 16.5. The highest BCUT2D eigenvalue weighted by atomic mass is 32.2. The first-order valence-corrected chi connectivity index (χ1v) is 10.6. The van der Waals surface area contributed by atoms with E-state index in [1.54, 1.807) is 38.2 Å². The van der Waals surface area contributed by atoms with Gasteiger partial charge in [-0.25, -0.2) is 8.42 Å². The third-order valence-corrected chi connectivity index (χ3v) is 6.66. The van der Waals surface area contributed by atoms with E-state index in [4.69, 9.17) is 4.74 Å². The molecule has 0 bridgehead atoms. The number of benzene rings is 2. The molecular weight excluding hydrogens is 392 g/mol. The molecule has 8 heteroatoms. The van der Waals surface area contributed by atoms with Crippen LogP contribution in [0, 0.1) is 5.92 Å². The summed E-state index contributed by atoms with van der Waals surface area (Å²) in [6.45, 7) is 3.35. The van der Waals surface area contributed by atoms with Crippen molar-refractivity contribution >= 4 is 26.9 Å². The van der Waals surface area contributed by atoms with E-state index in [1.165, 1.54) is 19.2 Å². The summed E-state index contributed by atoms with van der Waals surface area (Å²) < 4.78 is 33.0. The highest BCUT2D eigenvalue weighted by Gasteiger charge is 2.38. The van der Waals surface area contributed by atoms with Crippen molar-refractivity contribution in [1.29, 1.82) is 0 Å². The molecule has 2 N–H and O–H groups in total. The lowest BCUT2D eigenvalue weighted by atomic mass is 10.0. The van der Waals surface area contributed by atoms with Gasteiger partial charge in [0.05, 0.1) is 12.0 Å². The molecule has 154 valence electrons. The Morgan fingerprint density at radius 2 is 1.83 bits per heavy atom. The normalized spacial score (nSPS) is 13.1. The molecule has 0 aliphatic rings. The predicted octanol–water partition coefficient (Wildman–Crippen LogP) is 3.48. The lowest BCUT2D eigenvalue weighted by Crippen LogP contribution is -2.47. The number of fused-ring (bicyclic) bond motifs is 1. The van der Waals surface area contributed by atoms with E-state index in [9.17, 15) is 18.3 Å². The molecule has 7 nitrogen and oxygen atoms in total. The van der Waals surface area contributed by atoms with Gasteiger partial charge in [-0.3, -0.25) is 4.79 Å². The maximum absolute atomic E-state index is 13.4. The topological polar surface area (TPSA) is 99.7 Å². The summed E-state index contributed by atoms with van der Waals surface area (Å²) in [4.78, 5) is 15.1. The quantitative estimate of drug-likeness (QED) is 0.586. The van der Waals surface area contributed by atoms with Gasteiger partial charge in [-0.1, -0.05) is 19.9 Å². The number of hydrogen-bond acceptors (Lipinski definition) is 4. The van der Waals surface area contributed by atoms with Crippen LogP contribution in [0.4, 0.5) is 0 Å². The summed E-state index contributed by atoms with van der Waals surface area (Å²) in [5, 5.41) is 10.7. The van der Waals surface area contributed by atoms with Crippen LogP contribution in [-0.4, -0.2) is 41.9 Å². The first-order valence-electron chi connectivity index (χ1n) is 9.18. The second-order valence-corrected chi connectivity index (χ2v) is 9.04. The smallest absolute Gasteiger partial charge is 0.322 e. The number of hydrogen-bond donors (Lipinski definition) is 2. The van der Waals surface area contributed by atoms with Crippen LogP contribution < -0.4 is 4.74 Å². The number of carboxylic acids is 1. The van der Waals surface area contributed by atoms with Crippen LogP contribution >= 0.6 is 0 Å². The molecular formula is C21H24N2O5S. The van der Waals surface area contributed by atoms with E-state index >= 15 is 0 Å². The number of nitrogens with one attached hydrogen (secondary N) is 1. The average molecular weight is 416 g/mol. The second kappa shape index (κ2) is 8.26. The van der Waals surface area contributed by atoms with E-state index in [2.05, 4.69) is 4.98 Å². The monoisotopic (exact) mass is 416 g/mol. The van der Waals surface area contributed by atoms with Gasteiger partial charge in [0.1, 0.15) is 11.8 Å². The Balaban J connectivity index is 2.06. The maximum Gasteiger partial charge on any atom is 0.322 e. The van der Waals surface area contributed by atoms with Crippen molar-refractivity contribution in [3.63, 3.8) is 0 Å². The molecule has 1 atom stereocenters. The number of carbonyl (C=O) groups is 1. The number of aromatic nitrogens is 1. The van der Waals surface area contributed by atoms with Gasteiger partial charge < -0.3 is 14.8 Å². The van der Waals surface area contributed by atoms with Crippen LogP contribution in [0.5, 0.6) is 5.75 Å². The fourth-order valence-electron chi connectivity index (χ4n) is 3.34. The molecule has 0 saturated heterocycles. The Hall–Kier alpha value is -2.84. The molecule has 29 heavy (non-hydrogen) atoms. The third-order valence-electron chi connectivity index (χ3n) is 4.82. The van der Waals surface area contributed by atoms with Gasteiger partial charge >= 0.3 is 5.97 Å². The molecule has 0 saturated carbocycles. The summed E-state index contributed by atoms with van der Waals surface area (Å²) in [5.41, 5.74) is 1.64. The Morgan fingerprint density at radius 1 is 1.14 bits per heavy atom. The molecule has 0 radical (unpaired) electrons. The number of methoxy groups -OCH3 is 1. The molecule has 1 aromatic heterocycles. The summed E-state index contributed by atoms with van der Waals surface area (Å²) in [6.07, 6.45) is 1.80. The molecule has 0 aliphatic heterocycles. The van der Waals surface area contributed by atoms with Crippen LogP contribution in [0.1, 0.15) is 19.4 Å². The highest BCUT2D eigenvalue weighted by Crippen LogP contribution is 2.27. The Labute approximate surface area is 170 Å². The Bertz CT molecular complexity index is 1100. The van der Waals surface area contributed by atoms with Gasteiger partial charge in [0.2, 0.25) is 10.0 Å². The zero-order valence-corrected chi connectivity index (χ0v) is 17.3. The largest absolute Gasteiger partial charge is 0.497 e. The van der Waals surface area contributed by atoms with Gasteiger partial charge in [-0.05, 0) is 59.3 Å². The van der Waals surface area contributed by atoms with E-state index in [0.717, 1.165) is 15.2 Å². The van der Waals surface area contributed by atoms with Crippen molar-refractivity contribution in [1.82, 2.24) is 9.29 Å². The van der Waals surface area contributed by atoms with Crippen molar-refractivity contribution in [3.05, 3.63) is 60.3 Å². The van der Waals surface area contributed by atoms with Gasteiger partial charge in [0.25, 0.3) is 0 Å². The van der Waals surface area contributed by atoms with E-state index < -0.39 is 28.0 Å². The zero-order chi connectivity index (χ0) is 21.2. The SMILES string of the molecule is COc1ccc(S(=O)(=O)N(Cc2ccc3[nH]ccc3c2)C(C(=O)O)C(C)C)cc1. The minimum absolute atomic E-state index is 0.0212. The molecule has 1 unspecified atom stereocenters. The van der Waals surface area contributed by atoms with E-state index in [0.29, 0.717) is 11.3 Å². The van der Waals surface area contributed by atoms with Crippen LogP contribution in [0.15, 0.2) is 59.6 Å². The van der Waals surface area contributed by atoms with Crippen LogP contribution in [0.2, 0.25) is 0 Å². The fraction of sp³-hybridized carbons (Fsp3) is 0.286. The summed E-state index contributed by atoms with van der Waals surface area (Å²) >= 11 is 0. The summed E-state index contributed by atoms with van der Waals surface area (Å²) in [7, 11) is -2.57. The Kier molecular flexibility index (Phi) is 5.95. The lowest BCUT2D eigenvalue weighted by Gasteiger charge is -2.30. The molecule has 0 aliphatic carbocycles. The van der Waals surface area contributed by atoms with Crippen LogP contribution in [-0.2, 0) is 21.4 Å². The summed E-state index contributed by atoms with van der Waals surface area (Å²) in [5.74, 6) is -1.08. The molecule has 0 amide bonds. The number of H-pyrrole nitrogens is 1. The maximum atomic E-state index is 13.4. The van der Waals surface area contributed by atoms with Crippen molar-refractivity contribution in [3.8, 4) is 5.75 Å². The first-order chi connectivity index (χ1) is 13.7. The second-order valence-electron chi connectivity index (χ2n) is 7.15. The molecule has 3 aromatic rings. The number of nitrogens with zero attached hydrogens (tertiary/aromatic N) is 1. The van der Waals surface area contributed by atoms with E-state index in [-0.39, 0.29) is 11.4 Å². The standard InChI is InChI=1S/C21H24N2O5S/c1-14(2)20(21(24)25)23(13-15-4-9-19-16(12-15)10-11-22-19)29(26,27)18-7-5-17(28-3)6-8-18/h4-12,14,20,22H,13H2,1-3H3,(H,24,25). The number of aliphatic carboxylic acids is 1. The lowest BCUT2D eigenvalue weighted by molar-refractivity contribution is -0.143. The highest BCUT2D eigenvalue weighted by molar-refractivity contribution is 7.89. The number of ether oxygens (including phenoxy) is 1. The van der Waals surface area contributed by atoms with Crippen molar-refractivity contribution in [2.24, 2.45) is 5.92 Å². The average Bonchev–Trinajstić information content (AvgIpc) is 3.14. The van der Waals surface area contributed by atoms with Crippen LogP contribution in [0.3, 0.4) is 0 Å². The minimum Gasteiger partial charge on any atom is -0.497 e. The number of aromatic amines is 1. The number of sulfonamides is 1. The predicted molar refractivity (Wildman–Crippen MR) is 110 cm³/mol. The molecule has 0 fully saturated rings. The van der Waals surface area contributed by atoms with E-state index in [1.807, 2.05) is 18.2 Å². The Morgan fingerprint density at radius 3 is 2.41 bits per heavy atom. The third kappa shape index (κ3) is 4.28. The minimum atomic E-state index is -4.06. The van der Waals surface area contributed by atoms with Crippen LogP contribution in [0.25, 0.3) is 10.9 Å². The fourth-order valence-corrected chi connectivity index (χ4v) is 5.04. The van der Waals surface area contributed by atoms with Gasteiger partial charge in [0.15, 0.2) is 0 Å². The molecule has 2 aromatic carbocycles.